The van der Waals surface area contributed by atoms with Crippen LogP contribution in [-0.4, -0.2) is 31.7 Å². The van der Waals surface area contributed by atoms with Gasteiger partial charge in [0.15, 0.2) is 11.5 Å². The first-order valence-electron chi connectivity index (χ1n) is 7.44. The number of nitrogens with zero attached hydrogens (tertiary/aromatic N) is 1. The molecule has 1 aromatic heterocycles. The first-order chi connectivity index (χ1) is 11.0. The quantitative estimate of drug-likeness (QED) is 0.846. The van der Waals surface area contributed by atoms with E-state index in [0.717, 1.165) is 22.7 Å². The Balaban J connectivity index is 1.84. The SMILES string of the molecule is COc1ccc(CC(=O)NCCc2nc(C)c(C)s2)cc1OC. The summed E-state index contributed by atoms with van der Waals surface area (Å²) in [7, 11) is 3.17. The minimum atomic E-state index is -0.0118. The second kappa shape index (κ2) is 7.97. The molecule has 0 bridgehead atoms. The molecule has 1 aromatic carbocycles. The van der Waals surface area contributed by atoms with Gasteiger partial charge in [-0.05, 0) is 31.5 Å². The summed E-state index contributed by atoms with van der Waals surface area (Å²) in [4.78, 5) is 17.7. The summed E-state index contributed by atoms with van der Waals surface area (Å²) in [5, 5.41) is 3.99. The summed E-state index contributed by atoms with van der Waals surface area (Å²) in [6.45, 7) is 4.66. The zero-order chi connectivity index (χ0) is 16.8. The molecule has 124 valence electrons. The number of hydrogen-bond acceptors (Lipinski definition) is 5. The van der Waals surface area contributed by atoms with Crippen LogP contribution in [0.1, 0.15) is 21.1 Å². The van der Waals surface area contributed by atoms with Crippen molar-refractivity contribution in [2.75, 3.05) is 20.8 Å². The number of thiazole rings is 1. The lowest BCUT2D eigenvalue weighted by Crippen LogP contribution is -2.27. The molecule has 0 aliphatic rings. The van der Waals surface area contributed by atoms with Gasteiger partial charge in [0.05, 0.1) is 31.3 Å². The molecule has 0 aliphatic heterocycles. The van der Waals surface area contributed by atoms with Crippen molar-refractivity contribution in [2.45, 2.75) is 26.7 Å². The van der Waals surface area contributed by atoms with Crippen molar-refractivity contribution in [1.29, 1.82) is 0 Å². The van der Waals surface area contributed by atoms with Crippen LogP contribution >= 0.6 is 11.3 Å². The van der Waals surface area contributed by atoms with Crippen LogP contribution in [0.3, 0.4) is 0 Å². The fourth-order valence-electron chi connectivity index (χ4n) is 2.19. The Labute approximate surface area is 140 Å². The molecular formula is C17H22N2O3S. The average Bonchev–Trinajstić information content (AvgIpc) is 2.85. The third-order valence-corrected chi connectivity index (χ3v) is 4.68. The zero-order valence-electron chi connectivity index (χ0n) is 13.9. The predicted molar refractivity (Wildman–Crippen MR) is 91.6 cm³/mol. The van der Waals surface area contributed by atoms with Gasteiger partial charge in [0.25, 0.3) is 0 Å². The maximum atomic E-state index is 12.0. The molecule has 2 rings (SSSR count). The first-order valence-corrected chi connectivity index (χ1v) is 8.25. The number of amides is 1. The van der Waals surface area contributed by atoms with Crippen LogP contribution in [0.4, 0.5) is 0 Å². The molecule has 6 heteroatoms. The normalized spacial score (nSPS) is 10.4. The molecule has 0 unspecified atom stereocenters. The van der Waals surface area contributed by atoms with Crippen molar-refractivity contribution < 1.29 is 14.3 Å². The van der Waals surface area contributed by atoms with Gasteiger partial charge in [0, 0.05) is 17.8 Å². The van der Waals surface area contributed by atoms with E-state index in [-0.39, 0.29) is 5.91 Å². The minimum Gasteiger partial charge on any atom is -0.493 e. The maximum Gasteiger partial charge on any atom is 0.224 e. The van der Waals surface area contributed by atoms with Crippen LogP contribution in [0.25, 0.3) is 0 Å². The van der Waals surface area contributed by atoms with E-state index >= 15 is 0 Å². The molecule has 5 nitrogen and oxygen atoms in total. The van der Waals surface area contributed by atoms with Crippen molar-refractivity contribution in [1.82, 2.24) is 10.3 Å². The lowest BCUT2D eigenvalue weighted by atomic mass is 10.1. The number of hydrogen-bond donors (Lipinski definition) is 1. The molecule has 1 heterocycles. The third-order valence-electron chi connectivity index (χ3n) is 3.55. The zero-order valence-corrected chi connectivity index (χ0v) is 14.8. The van der Waals surface area contributed by atoms with Crippen molar-refractivity contribution >= 4 is 17.2 Å². The number of ether oxygens (including phenoxy) is 2. The topological polar surface area (TPSA) is 60.5 Å². The Kier molecular flexibility index (Phi) is 5.98. The summed E-state index contributed by atoms with van der Waals surface area (Å²) in [6.07, 6.45) is 1.08. The monoisotopic (exact) mass is 334 g/mol. The van der Waals surface area contributed by atoms with E-state index in [0.29, 0.717) is 24.5 Å². The Morgan fingerprint density at radius 1 is 1.22 bits per heavy atom. The van der Waals surface area contributed by atoms with Crippen LogP contribution < -0.4 is 14.8 Å². The van der Waals surface area contributed by atoms with Gasteiger partial charge in [0.2, 0.25) is 5.91 Å². The highest BCUT2D eigenvalue weighted by Crippen LogP contribution is 2.27. The van der Waals surface area contributed by atoms with Crippen LogP contribution in [0, 0.1) is 13.8 Å². The second-order valence-corrected chi connectivity index (χ2v) is 6.50. The van der Waals surface area contributed by atoms with E-state index in [4.69, 9.17) is 9.47 Å². The fraction of sp³-hybridized carbons (Fsp3) is 0.412. The Hall–Kier alpha value is -2.08. The number of carbonyl (C=O) groups excluding carboxylic acids is 1. The predicted octanol–water partition coefficient (Wildman–Crippen LogP) is 2.68. The highest BCUT2D eigenvalue weighted by Gasteiger charge is 2.09. The number of nitrogens with one attached hydrogen (secondary N) is 1. The number of aryl methyl sites for hydroxylation is 2. The van der Waals surface area contributed by atoms with Gasteiger partial charge in [-0.15, -0.1) is 11.3 Å². The molecule has 0 spiro atoms. The molecule has 0 radical (unpaired) electrons. The van der Waals surface area contributed by atoms with Crippen LogP contribution in [0.2, 0.25) is 0 Å². The molecule has 0 atom stereocenters. The summed E-state index contributed by atoms with van der Waals surface area (Å²) >= 11 is 1.69. The number of rotatable bonds is 7. The lowest BCUT2D eigenvalue weighted by molar-refractivity contribution is -0.120. The van der Waals surface area contributed by atoms with Crippen molar-refractivity contribution in [3.05, 3.63) is 39.3 Å². The Morgan fingerprint density at radius 2 is 1.96 bits per heavy atom. The highest BCUT2D eigenvalue weighted by atomic mass is 32.1. The second-order valence-electron chi connectivity index (χ2n) is 5.22. The van der Waals surface area contributed by atoms with Gasteiger partial charge in [-0.3, -0.25) is 4.79 Å². The first kappa shape index (κ1) is 17.3. The Bertz CT molecular complexity index is 663. The maximum absolute atomic E-state index is 12.0. The van der Waals surface area contributed by atoms with E-state index < -0.39 is 0 Å². The molecular weight excluding hydrogens is 312 g/mol. The standard InChI is InChI=1S/C17H22N2O3S/c1-11-12(2)23-17(19-11)7-8-18-16(20)10-13-5-6-14(21-3)15(9-13)22-4/h5-6,9H,7-8,10H2,1-4H3,(H,18,20). The van der Waals surface area contributed by atoms with Crippen molar-refractivity contribution in [2.24, 2.45) is 0 Å². The van der Waals surface area contributed by atoms with Gasteiger partial charge >= 0.3 is 0 Å². The number of methoxy groups -OCH3 is 2. The third kappa shape index (κ3) is 4.69. The molecule has 0 aliphatic carbocycles. The lowest BCUT2D eigenvalue weighted by Gasteiger charge is -2.09. The fourth-order valence-corrected chi connectivity index (χ4v) is 3.13. The van der Waals surface area contributed by atoms with E-state index in [1.54, 1.807) is 25.6 Å². The van der Waals surface area contributed by atoms with E-state index in [1.807, 2.05) is 25.1 Å². The minimum absolute atomic E-state index is 0.0118. The van der Waals surface area contributed by atoms with Gasteiger partial charge in [-0.2, -0.15) is 0 Å². The average molecular weight is 334 g/mol. The molecule has 0 saturated heterocycles. The van der Waals surface area contributed by atoms with E-state index in [2.05, 4.69) is 17.2 Å². The number of benzene rings is 1. The summed E-state index contributed by atoms with van der Waals surface area (Å²) in [6, 6.07) is 5.50. The van der Waals surface area contributed by atoms with Crippen LogP contribution in [0.5, 0.6) is 11.5 Å². The molecule has 0 saturated carbocycles. The molecule has 1 N–H and O–H groups in total. The van der Waals surface area contributed by atoms with Gasteiger partial charge < -0.3 is 14.8 Å². The molecule has 2 aromatic rings. The number of carbonyl (C=O) groups is 1. The summed E-state index contributed by atoms with van der Waals surface area (Å²) < 4.78 is 10.4. The van der Waals surface area contributed by atoms with Gasteiger partial charge in [-0.25, -0.2) is 4.98 Å². The van der Waals surface area contributed by atoms with Crippen LogP contribution in [0.15, 0.2) is 18.2 Å². The smallest absolute Gasteiger partial charge is 0.224 e. The van der Waals surface area contributed by atoms with Crippen molar-refractivity contribution in [3.63, 3.8) is 0 Å². The molecule has 1 amide bonds. The van der Waals surface area contributed by atoms with E-state index in [1.165, 1.54) is 4.88 Å². The van der Waals surface area contributed by atoms with E-state index in [9.17, 15) is 4.79 Å². The van der Waals surface area contributed by atoms with Gasteiger partial charge in [-0.1, -0.05) is 6.07 Å². The number of aromatic nitrogens is 1. The summed E-state index contributed by atoms with van der Waals surface area (Å²) in [5.41, 5.74) is 1.96. The largest absolute Gasteiger partial charge is 0.493 e. The molecule has 23 heavy (non-hydrogen) atoms. The van der Waals surface area contributed by atoms with Gasteiger partial charge in [0.1, 0.15) is 0 Å². The summed E-state index contributed by atoms with van der Waals surface area (Å²) in [5.74, 6) is 1.28. The Morgan fingerprint density at radius 3 is 2.57 bits per heavy atom. The highest BCUT2D eigenvalue weighted by molar-refractivity contribution is 7.11. The van der Waals surface area contributed by atoms with Crippen LogP contribution in [-0.2, 0) is 17.6 Å². The molecule has 0 fully saturated rings. The van der Waals surface area contributed by atoms with Crippen molar-refractivity contribution in [3.8, 4) is 11.5 Å².